The van der Waals surface area contributed by atoms with Crippen molar-refractivity contribution in [3.05, 3.63) is 59.4 Å². The number of nitrogens with zero attached hydrogens (tertiary/aromatic N) is 2. The van der Waals surface area contributed by atoms with Crippen LogP contribution in [0.5, 0.6) is 0 Å². The van der Waals surface area contributed by atoms with E-state index in [0.29, 0.717) is 12.1 Å². The molecule has 2 aromatic rings. The Morgan fingerprint density at radius 1 is 1.48 bits per heavy atom. The first-order valence-corrected chi connectivity index (χ1v) is 6.68. The first-order valence-electron chi connectivity index (χ1n) is 6.68. The number of benzene rings is 1. The van der Waals surface area contributed by atoms with E-state index in [1.165, 1.54) is 18.2 Å². The zero-order valence-corrected chi connectivity index (χ0v) is 12.0. The van der Waals surface area contributed by atoms with Crippen molar-refractivity contribution in [2.75, 3.05) is 0 Å². The molecule has 110 valence electrons. The number of carboxylic acid groups (broad SMARTS) is 1. The minimum Gasteiger partial charge on any atom is -0.478 e. The summed E-state index contributed by atoms with van der Waals surface area (Å²) in [6.07, 6.45) is 6.01. The lowest BCUT2D eigenvalue weighted by atomic mass is 10.1. The Labute approximate surface area is 122 Å². The molecule has 0 atom stereocenters. The maximum Gasteiger partial charge on any atom is 0.328 e. The molecule has 4 nitrogen and oxygen atoms in total. The van der Waals surface area contributed by atoms with Crippen LogP contribution in [0.4, 0.5) is 4.39 Å². The monoisotopic (exact) mass is 288 g/mol. The summed E-state index contributed by atoms with van der Waals surface area (Å²) in [6, 6.07) is 4.38. The number of hydrogen-bond donors (Lipinski definition) is 1. The average Bonchev–Trinajstić information content (AvgIpc) is 2.87. The van der Waals surface area contributed by atoms with Crippen molar-refractivity contribution < 1.29 is 14.3 Å². The Bertz CT molecular complexity index is 675. The molecule has 1 aromatic heterocycles. The van der Waals surface area contributed by atoms with Crippen molar-refractivity contribution in [3.63, 3.8) is 0 Å². The minimum absolute atomic E-state index is 0.276. The Morgan fingerprint density at radius 3 is 2.90 bits per heavy atom. The highest BCUT2D eigenvalue weighted by atomic mass is 19.1. The summed E-state index contributed by atoms with van der Waals surface area (Å²) in [4.78, 5) is 14.9. The van der Waals surface area contributed by atoms with E-state index in [1.54, 1.807) is 12.3 Å². The molecule has 0 saturated heterocycles. The zero-order valence-electron chi connectivity index (χ0n) is 12.0. The Morgan fingerprint density at radius 2 is 2.24 bits per heavy atom. The van der Waals surface area contributed by atoms with Gasteiger partial charge in [0, 0.05) is 30.9 Å². The van der Waals surface area contributed by atoms with Gasteiger partial charge in [-0.3, -0.25) is 0 Å². The van der Waals surface area contributed by atoms with Gasteiger partial charge >= 0.3 is 5.97 Å². The highest BCUT2D eigenvalue weighted by Crippen LogP contribution is 2.18. The molecular weight excluding hydrogens is 271 g/mol. The number of halogens is 1. The molecule has 21 heavy (non-hydrogen) atoms. The number of aliphatic carboxylic acids is 1. The SMILES string of the molecule is CC(C)c1nccn1Cc1ccc(F)cc1C=CC(=O)O. The van der Waals surface area contributed by atoms with E-state index in [9.17, 15) is 9.18 Å². The lowest BCUT2D eigenvalue weighted by Gasteiger charge is -2.12. The highest BCUT2D eigenvalue weighted by molar-refractivity contribution is 5.85. The molecule has 0 aliphatic heterocycles. The Kier molecular flexibility index (Phi) is 4.52. The lowest BCUT2D eigenvalue weighted by molar-refractivity contribution is -0.131. The quantitative estimate of drug-likeness (QED) is 0.859. The van der Waals surface area contributed by atoms with Crippen LogP contribution in [0.1, 0.15) is 36.7 Å². The van der Waals surface area contributed by atoms with Crippen LogP contribution in [0.15, 0.2) is 36.7 Å². The van der Waals surface area contributed by atoms with Gasteiger partial charge in [0.2, 0.25) is 0 Å². The molecule has 1 aromatic carbocycles. The predicted octanol–water partition coefficient (Wildman–Crippen LogP) is 3.29. The van der Waals surface area contributed by atoms with Crippen LogP contribution in [0.2, 0.25) is 0 Å². The van der Waals surface area contributed by atoms with Crippen LogP contribution in [-0.4, -0.2) is 20.6 Å². The number of hydrogen-bond acceptors (Lipinski definition) is 2. The molecule has 0 bridgehead atoms. The van der Waals surface area contributed by atoms with Gasteiger partial charge in [0.05, 0.1) is 0 Å². The van der Waals surface area contributed by atoms with E-state index in [0.717, 1.165) is 17.5 Å². The topological polar surface area (TPSA) is 55.1 Å². The van der Waals surface area contributed by atoms with Gasteiger partial charge in [-0.2, -0.15) is 0 Å². The third-order valence-corrected chi connectivity index (χ3v) is 3.12. The van der Waals surface area contributed by atoms with Crippen LogP contribution in [0.3, 0.4) is 0 Å². The van der Waals surface area contributed by atoms with Crippen molar-refractivity contribution in [2.45, 2.75) is 26.3 Å². The fourth-order valence-electron chi connectivity index (χ4n) is 2.16. The molecule has 1 N–H and O–H groups in total. The fraction of sp³-hybridized carbons (Fsp3) is 0.250. The van der Waals surface area contributed by atoms with Crippen molar-refractivity contribution in [1.82, 2.24) is 9.55 Å². The number of carbonyl (C=O) groups is 1. The third-order valence-electron chi connectivity index (χ3n) is 3.12. The van der Waals surface area contributed by atoms with Crippen LogP contribution in [0, 0.1) is 5.82 Å². The molecule has 0 radical (unpaired) electrons. The first kappa shape index (κ1) is 15.0. The molecule has 0 unspecified atom stereocenters. The Hall–Kier alpha value is -2.43. The number of aromatic nitrogens is 2. The molecule has 0 saturated carbocycles. The van der Waals surface area contributed by atoms with Crippen LogP contribution in [0.25, 0.3) is 6.08 Å². The standard InChI is InChI=1S/C16H17FN2O2/c1-11(2)16-18-7-8-19(16)10-13-3-5-14(17)9-12(13)4-6-15(20)21/h3-9,11H,10H2,1-2H3,(H,20,21). The van der Waals surface area contributed by atoms with Crippen molar-refractivity contribution in [1.29, 1.82) is 0 Å². The van der Waals surface area contributed by atoms with Crippen molar-refractivity contribution >= 4 is 12.0 Å². The van der Waals surface area contributed by atoms with Gasteiger partial charge in [-0.05, 0) is 29.3 Å². The van der Waals surface area contributed by atoms with Gasteiger partial charge in [0.15, 0.2) is 0 Å². The van der Waals surface area contributed by atoms with E-state index in [1.807, 2.05) is 10.8 Å². The molecule has 0 aliphatic carbocycles. The summed E-state index contributed by atoms with van der Waals surface area (Å²) in [7, 11) is 0. The highest BCUT2D eigenvalue weighted by Gasteiger charge is 2.09. The normalized spacial score (nSPS) is 11.4. The van der Waals surface area contributed by atoms with E-state index in [-0.39, 0.29) is 5.92 Å². The fourth-order valence-corrected chi connectivity index (χ4v) is 2.16. The molecule has 1 heterocycles. The maximum absolute atomic E-state index is 13.4. The van der Waals surface area contributed by atoms with E-state index < -0.39 is 11.8 Å². The smallest absolute Gasteiger partial charge is 0.328 e. The summed E-state index contributed by atoms with van der Waals surface area (Å²) in [6.45, 7) is 4.62. The summed E-state index contributed by atoms with van der Waals surface area (Å²) in [5.74, 6) is -0.236. The number of carboxylic acids is 1. The summed E-state index contributed by atoms with van der Waals surface area (Å²) >= 11 is 0. The van der Waals surface area contributed by atoms with E-state index in [4.69, 9.17) is 5.11 Å². The number of rotatable bonds is 5. The van der Waals surface area contributed by atoms with Gasteiger partial charge in [0.25, 0.3) is 0 Å². The van der Waals surface area contributed by atoms with Crippen molar-refractivity contribution in [3.8, 4) is 0 Å². The largest absolute Gasteiger partial charge is 0.478 e. The maximum atomic E-state index is 13.4. The van der Waals surface area contributed by atoms with Gasteiger partial charge in [-0.25, -0.2) is 14.2 Å². The van der Waals surface area contributed by atoms with Gasteiger partial charge in [-0.1, -0.05) is 19.9 Å². The zero-order chi connectivity index (χ0) is 15.4. The van der Waals surface area contributed by atoms with Crippen molar-refractivity contribution in [2.24, 2.45) is 0 Å². The number of imidazole rings is 1. The van der Waals surface area contributed by atoms with Gasteiger partial charge < -0.3 is 9.67 Å². The molecule has 0 amide bonds. The second-order valence-corrected chi connectivity index (χ2v) is 5.08. The summed E-state index contributed by atoms with van der Waals surface area (Å²) in [5, 5.41) is 8.71. The van der Waals surface area contributed by atoms with E-state index >= 15 is 0 Å². The second kappa shape index (κ2) is 6.35. The summed E-state index contributed by atoms with van der Waals surface area (Å²) in [5.41, 5.74) is 1.40. The molecule has 5 heteroatoms. The predicted molar refractivity (Wildman–Crippen MR) is 78.5 cm³/mol. The van der Waals surface area contributed by atoms with Crippen LogP contribution >= 0.6 is 0 Å². The molecule has 0 aliphatic rings. The molecule has 0 spiro atoms. The first-order chi connectivity index (χ1) is 9.97. The van der Waals surface area contributed by atoms with Crippen LogP contribution < -0.4 is 0 Å². The average molecular weight is 288 g/mol. The second-order valence-electron chi connectivity index (χ2n) is 5.08. The molecular formula is C16H17FN2O2. The van der Waals surface area contributed by atoms with Gasteiger partial charge in [0.1, 0.15) is 11.6 Å². The third kappa shape index (κ3) is 3.78. The minimum atomic E-state index is -1.06. The van der Waals surface area contributed by atoms with E-state index in [2.05, 4.69) is 18.8 Å². The summed E-state index contributed by atoms with van der Waals surface area (Å²) < 4.78 is 15.3. The lowest BCUT2D eigenvalue weighted by Crippen LogP contribution is -2.07. The molecule has 2 rings (SSSR count). The van der Waals surface area contributed by atoms with Gasteiger partial charge in [-0.15, -0.1) is 0 Å². The molecule has 0 fully saturated rings. The Balaban J connectivity index is 2.35. The van der Waals surface area contributed by atoms with Crippen LogP contribution in [-0.2, 0) is 11.3 Å².